The second kappa shape index (κ2) is 4.97. The second-order valence-electron chi connectivity index (χ2n) is 5.69. The fourth-order valence-corrected chi connectivity index (χ4v) is 1.86. The van der Waals surface area contributed by atoms with Crippen molar-refractivity contribution in [2.24, 2.45) is 17.3 Å². The van der Waals surface area contributed by atoms with E-state index in [1.807, 2.05) is 20.8 Å². The van der Waals surface area contributed by atoms with Crippen LogP contribution in [0.4, 0.5) is 0 Å². The van der Waals surface area contributed by atoms with E-state index in [9.17, 15) is 4.79 Å². The molecule has 0 bridgehead atoms. The van der Waals surface area contributed by atoms with Crippen LogP contribution in [-0.4, -0.2) is 25.5 Å². The fourth-order valence-electron chi connectivity index (χ4n) is 1.86. The third-order valence-corrected chi connectivity index (χ3v) is 3.17. The van der Waals surface area contributed by atoms with Crippen LogP contribution < -0.4 is 10.6 Å². The molecule has 1 rings (SSSR count). The molecule has 1 amide bonds. The number of nitrogens with one attached hydrogen (secondary N) is 2. The third kappa shape index (κ3) is 3.82. The van der Waals surface area contributed by atoms with Gasteiger partial charge in [-0.05, 0) is 31.3 Å². The van der Waals surface area contributed by atoms with Crippen molar-refractivity contribution in [1.82, 2.24) is 10.6 Å². The highest BCUT2D eigenvalue weighted by Crippen LogP contribution is 2.18. The molecule has 0 aliphatic carbocycles. The molecule has 1 saturated heterocycles. The Hall–Kier alpha value is -0.570. The Bertz CT molecular complexity index is 220. The van der Waals surface area contributed by atoms with Gasteiger partial charge < -0.3 is 10.6 Å². The molecule has 0 aromatic rings. The van der Waals surface area contributed by atoms with E-state index in [1.54, 1.807) is 0 Å². The summed E-state index contributed by atoms with van der Waals surface area (Å²) < 4.78 is 0. The summed E-state index contributed by atoms with van der Waals surface area (Å²) in [6.07, 6.45) is 1.17. The zero-order valence-electron chi connectivity index (χ0n) is 10.4. The maximum absolute atomic E-state index is 11.7. The number of hydrogen-bond donors (Lipinski definition) is 2. The largest absolute Gasteiger partial charge is 0.355 e. The van der Waals surface area contributed by atoms with Crippen LogP contribution >= 0.6 is 0 Å². The predicted octanol–water partition coefficient (Wildman–Crippen LogP) is 1.39. The zero-order valence-corrected chi connectivity index (χ0v) is 10.4. The Balaban J connectivity index is 2.33. The van der Waals surface area contributed by atoms with Crippen LogP contribution in [0, 0.1) is 17.3 Å². The summed E-state index contributed by atoms with van der Waals surface area (Å²) in [4.78, 5) is 11.7. The van der Waals surface area contributed by atoms with Gasteiger partial charge in [0.05, 0.1) is 0 Å². The first-order valence-corrected chi connectivity index (χ1v) is 5.90. The van der Waals surface area contributed by atoms with Crippen LogP contribution in [0.5, 0.6) is 0 Å². The van der Waals surface area contributed by atoms with Crippen LogP contribution in [0.1, 0.15) is 34.1 Å². The Morgan fingerprint density at radius 1 is 1.47 bits per heavy atom. The molecule has 2 unspecified atom stereocenters. The van der Waals surface area contributed by atoms with Crippen molar-refractivity contribution < 1.29 is 4.79 Å². The Morgan fingerprint density at radius 2 is 2.13 bits per heavy atom. The van der Waals surface area contributed by atoms with E-state index in [0.29, 0.717) is 11.8 Å². The van der Waals surface area contributed by atoms with Gasteiger partial charge in [-0.15, -0.1) is 0 Å². The summed E-state index contributed by atoms with van der Waals surface area (Å²) in [5, 5.41) is 6.43. The predicted molar refractivity (Wildman–Crippen MR) is 62.6 cm³/mol. The smallest absolute Gasteiger partial charge is 0.225 e. The fraction of sp³-hybridized carbons (Fsp3) is 0.917. The van der Waals surface area contributed by atoms with E-state index >= 15 is 0 Å². The number of amides is 1. The molecule has 3 nitrogen and oxygen atoms in total. The van der Waals surface area contributed by atoms with Gasteiger partial charge in [-0.3, -0.25) is 4.79 Å². The molecule has 2 atom stereocenters. The average Bonchev–Trinajstić information content (AvgIpc) is 2.14. The van der Waals surface area contributed by atoms with Gasteiger partial charge in [0.1, 0.15) is 0 Å². The Labute approximate surface area is 93.0 Å². The molecule has 15 heavy (non-hydrogen) atoms. The highest BCUT2D eigenvalue weighted by Gasteiger charge is 2.25. The number of rotatable bonds is 2. The molecule has 1 fully saturated rings. The zero-order chi connectivity index (χ0) is 11.5. The lowest BCUT2D eigenvalue weighted by Crippen LogP contribution is -2.43. The van der Waals surface area contributed by atoms with Gasteiger partial charge in [-0.1, -0.05) is 27.7 Å². The van der Waals surface area contributed by atoms with E-state index in [4.69, 9.17) is 0 Å². The van der Waals surface area contributed by atoms with Crippen molar-refractivity contribution in [3.8, 4) is 0 Å². The Kier molecular flexibility index (Phi) is 4.14. The van der Waals surface area contributed by atoms with Gasteiger partial charge in [0.2, 0.25) is 5.91 Å². The molecule has 0 radical (unpaired) electrons. The molecule has 1 aliphatic rings. The topological polar surface area (TPSA) is 41.1 Å². The molecule has 0 saturated carbocycles. The molecule has 0 aromatic carbocycles. The summed E-state index contributed by atoms with van der Waals surface area (Å²) >= 11 is 0. The number of carbonyl (C=O) groups is 1. The van der Waals surface area contributed by atoms with E-state index in [1.165, 1.54) is 6.42 Å². The second-order valence-corrected chi connectivity index (χ2v) is 5.69. The van der Waals surface area contributed by atoms with Gasteiger partial charge in [0.25, 0.3) is 0 Å². The first-order chi connectivity index (χ1) is 6.91. The van der Waals surface area contributed by atoms with Crippen molar-refractivity contribution in [2.45, 2.75) is 34.1 Å². The minimum atomic E-state index is -0.268. The highest BCUT2D eigenvalue weighted by atomic mass is 16.2. The molecule has 0 aromatic heterocycles. The van der Waals surface area contributed by atoms with Crippen LogP contribution in [0.3, 0.4) is 0 Å². The lowest BCUT2D eigenvalue weighted by Gasteiger charge is -2.30. The molecule has 1 aliphatic heterocycles. The lowest BCUT2D eigenvalue weighted by molar-refractivity contribution is -0.128. The molecule has 1 heterocycles. The summed E-state index contributed by atoms with van der Waals surface area (Å²) in [6.45, 7) is 11.1. The molecule has 88 valence electrons. The summed E-state index contributed by atoms with van der Waals surface area (Å²) in [5.41, 5.74) is -0.268. The first-order valence-electron chi connectivity index (χ1n) is 5.90. The van der Waals surface area contributed by atoms with Crippen molar-refractivity contribution in [2.75, 3.05) is 19.6 Å². The third-order valence-electron chi connectivity index (χ3n) is 3.17. The monoisotopic (exact) mass is 212 g/mol. The number of carbonyl (C=O) groups excluding carboxylic acids is 1. The van der Waals surface area contributed by atoms with Gasteiger partial charge in [0, 0.05) is 12.0 Å². The number of hydrogen-bond acceptors (Lipinski definition) is 2. The minimum Gasteiger partial charge on any atom is -0.355 e. The van der Waals surface area contributed by atoms with Gasteiger partial charge >= 0.3 is 0 Å². The van der Waals surface area contributed by atoms with Crippen molar-refractivity contribution in [3.63, 3.8) is 0 Å². The van der Waals surface area contributed by atoms with Crippen LogP contribution in [0.25, 0.3) is 0 Å². The summed E-state index contributed by atoms with van der Waals surface area (Å²) in [7, 11) is 0. The van der Waals surface area contributed by atoms with Crippen molar-refractivity contribution >= 4 is 5.91 Å². The average molecular weight is 212 g/mol. The van der Waals surface area contributed by atoms with Gasteiger partial charge in [0.15, 0.2) is 0 Å². The molecule has 3 heteroatoms. The molecule has 2 N–H and O–H groups in total. The van der Waals surface area contributed by atoms with Crippen LogP contribution in [0.15, 0.2) is 0 Å². The maximum atomic E-state index is 11.7. The quantitative estimate of drug-likeness (QED) is 0.726. The van der Waals surface area contributed by atoms with E-state index in [-0.39, 0.29) is 11.3 Å². The minimum absolute atomic E-state index is 0.160. The van der Waals surface area contributed by atoms with Gasteiger partial charge in [-0.2, -0.15) is 0 Å². The molecular formula is C12H24N2O. The van der Waals surface area contributed by atoms with Crippen LogP contribution in [-0.2, 0) is 4.79 Å². The Morgan fingerprint density at radius 3 is 2.67 bits per heavy atom. The van der Waals surface area contributed by atoms with Crippen LogP contribution in [0.2, 0.25) is 0 Å². The normalized spacial score (nSPS) is 27.5. The van der Waals surface area contributed by atoms with E-state index < -0.39 is 0 Å². The van der Waals surface area contributed by atoms with Crippen molar-refractivity contribution in [1.29, 1.82) is 0 Å². The highest BCUT2D eigenvalue weighted by molar-refractivity contribution is 5.81. The summed E-state index contributed by atoms with van der Waals surface area (Å²) in [5.74, 6) is 1.46. The first kappa shape index (κ1) is 12.5. The molecular weight excluding hydrogens is 188 g/mol. The SMILES string of the molecule is CC1CNCCC1CNC(=O)C(C)(C)C. The maximum Gasteiger partial charge on any atom is 0.225 e. The van der Waals surface area contributed by atoms with E-state index in [0.717, 1.165) is 19.6 Å². The number of piperidine rings is 1. The lowest BCUT2D eigenvalue weighted by atomic mass is 9.87. The van der Waals surface area contributed by atoms with E-state index in [2.05, 4.69) is 17.6 Å². The molecule has 0 spiro atoms. The standard InChI is InChI=1S/C12H24N2O/c1-9-7-13-6-5-10(9)8-14-11(15)12(2,3)4/h9-10,13H,5-8H2,1-4H3,(H,14,15). The van der Waals surface area contributed by atoms with Gasteiger partial charge in [-0.25, -0.2) is 0 Å². The summed E-state index contributed by atoms with van der Waals surface area (Å²) in [6, 6.07) is 0. The van der Waals surface area contributed by atoms with Crippen molar-refractivity contribution in [3.05, 3.63) is 0 Å².